The van der Waals surface area contributed by atoms with Gasteiger partial charge in [-0.05, 0) is 25.5 Å². The van der Waals surface area contributed by atoms with E-state index in [2.05, 4.69) is 5.32 Å². The Balaban J connectivity index is 2.50. The summed E-state index contributed by atoms with van der Waals surface area (Å²) < 4.78 is 10.1. The van der Waals surface area contributed by atoms with E-state index < -0.39 is 23.0 Å². The highest BCUT2D eigenvalue weighted by molar-refractivity contribution is 6.32. The van der Waals surface area contributed by atoms with Gasteiger partial charge >= 0.3 is 12.0 Å². The highest BCUT2D eigenvalue weighted by Crippen LogP contribution is 2.34. The van der Waals surface area contributed by atoms with Gasteiger partial charge in [0.25, 0.3) is 5.69 Å². The summed E-state index contributed by atoms with van der Waals surface area (Å²) in [7, 11) is 1.48. The normalized spacial score (nSPS) is 17.0. The molecule has 1 N–H and O–H groups in total. The number of hydrogen-bond acceptors (Lipinski definition) is 6. The fourth-order valence-electron chi connectivity index (χ4n) is 2.82. The van der Waals surface area contributed by atoms with Crippen LogP contribution in [-0.4, -0.2) is 48.7 Å². The molecule has 1 aromatic rings. The quantitative estimate of drug-likeness (QED) is 0.328. The van der Waals surface area contributed by atoms with Gasteiger partial charge in [0, 0.05) is 25.4 Å². The fraction of sp³-hybridized carbons (Fsp3) is 0.412. The van der Waals surface area contributed by atoms with E-state index in [1.807, 2.05) is 0 Å². The number of ether oxygens (including phenoxy) is 2. The molecule has 27 heavy (non-hydrogen) atoms. The third kappa shape index (κ3) is 4.37. The van der Waals surface area contributed by atoms with Crippen LogP contribution in [0, 0.1) is 10.1 Å². The van der Waals surface area contributed by atoms with Crippen LogP contribution >= 0.6 is 11.6 Å². The Hall–Kier alpha value is -2.65. The predicted octanol–water partition coefficient (Wildman–Crippen LogP) is 2.80. The first-order valence-electron chi connectivity index (χ1n) is 8.20. The molecule has 0 unspecified atom stereocenters. The van der Waals surface area contributed by atoms with E-state index >= 15 is 0 Å². The van der Waals surface area contributed by atoms with Crippen molar-refractivity contribution in [1.29, 1.82) is 0 Å². The molecule has 0 saturated heterocycles. The molecule has 1 aliphatic heterocycles. The Labute approximate surface area is 161 Å². The van der Waals surface area contributed by atoms with Gasteiger partial charge in [0.15, 0.2) is 0 Å². The van der Waals surface area contributed by atoms with E-state index in [9.17, 15) is 19.7 Å². The van der Waals surface area contributed by atoms with E-state index in [-0.39, 0.29) is 29.5 Å². The number of nitro benzene ring substituents is 1. The van der Waals surface area contributed by atoms with Crippen molar-refractivity contribution in [2.75, 3.05) is 26.9 Å². The van der Waals surface area contributed by atoms with Crippen LogP contribution in [0.1, 0.15) is 25.5 Å². The summed E-state index contributed by atoms with van der Waals surface area (Å²) in [5, 5.41) is 13.8. The van der Waals surface area contributed by atoms with Crippen LogP contribution in [-0.2, 0) is 14.3 Å². The van der Waals surface area contributed by atoms with Crippen LogP contribution in [0.4, 0.5) is 10.5 Å². The van der Waals surface area contributed by atoms with Crippen molar-refractivity contribution in [2.24, 2.45) is 0 Å². The summed E-state index contributed by atoms with van der Waals surface area (Å²) >= 11 is 5.86. The Morgan fingerprint density at radius 3 is 2.70 bits per heavy atom. The van der Waals surface area contributed by atoms with E-state index in [0.29, 0.717) is 17.8 Å². The van der Waals surface area contributed by atoms with Gasteiger partial charge in [0.1, 0.15) is 11.6 Å². The lowest BCUT2D eigenvalue weighted by atomic mass is 9.94. The minimum atomic E-state index is -0.897. The molecule has 0 fully saturated rings. The molecular weight excluding hydrogens is 378 g/mol. The lowest BCUT2D eigenvalue weighted by molar-refractivity contribution is -0.384. The maximum Gasteiger partial charge on any atom is 0.338 e. The summed E-state index contributed by atoms with van der Waals surface area (Å²) in [6, 6.07) is 2.82. The number of nitro groups is 1. The highest BCUT2D eigenvalue weighted by atomic mass is 35.5. The van der Waals surface area contributed by atoms with E-state index in [4.69, 9.17) is 21.1 Å². The van der Waals surface area contributed by atoms with Crippen LogP contribution in [0.25, 0.3) is 0 Å². The zero-order valence-electron chi connectivity index (χ0n) is 15.2. The minimum absolute atomic E-state index is 0.0361. The van der Waals surface area contributed by atoms with Crippen molar-refractivity contribution in [1.82, 2.24) is 10.2 Å². The van der Waals surface area contributed by atoms with Gasteiger partial charge < -0.3 is 14.8 Å². The Morgan fingerprint density at radius 2 is 2.11 bits per heavy atom. The maximum absolute atomic E-state index is 12.6. The number of nitrogens with zero attached hydrogens (tertiary/aromatic N) is 2. The topological polar surface area (TPSA) is 111 Å². The van der Waals surface area contributed by atoms with Gasteiger partial charge in [-0.2, -0.15) is 0 Å². The molecule has 1 aromatic carbocycles. The summed E-state index contributed by atoms with van der Waals surface area (Å²) in [6.45, 7) is 4.01. The number of amides is 2. The molecule has 1 heterocycles. The number of esters is 1. The molecule has 146 valence electrons. The number of carbonyl (C=O) groups is 2. The second-order valence-corrected chi connectivity index (χ2v) is 6.13. The molecule has 9 nitrogen and oxygen atoms in total. The van der Waals surface area contributed by atoms with Crippen LogP contribution in [0.15, 0.2) is 29.5 Å². The molecule has 0 aliphatic carbocycles. The Bertz CT molecular complexity index is 795. The van der Waals surface area contributed by atoms with Crippen LogP contribution < -0.4 is 5.32 Å². The summed E-state index contributed by atoms with van der Waals surface area (Å²) in [5.41, 5.74) is 0.662. The monoisotopic (exact) mass is 397 g/mol. The Kier molecular flexibility index (Phi) is 6.75. The maximum atomic E-state index is 12.6. The molecule has 2 amide bonds. The van der Waals surface area contributed by atoms with Crippen LogP contribution in [0.5, 0.6) is 0 Å². The standard InChI is InChI=1S/C17H20ClN3O6/c1-4-20-10(2)14(16(22)27-8-7-26-3)15(19-17(20)23)11-5-6-12(18)13(9-11)21(24)25/h5-6,9,15H,4,7-8H2,1-3H3,(H,19,23)/t15-/m0/s1. The van der Waals surface area contributed by atoms with Gasteiger partial charge in [0.2, 0.25) is 0 Å². The van der Waals surface area contributed by atoms with E-state index in [1.54, 1.807) is 13.8 Å². The number of halogens is 1. The second kappa shape index (κ2) is 8.83. The number of methoxy groups -OCH3 is 1. The summed E-state index contributed by atoms with van der Waals surface area (Å²) in [4.78, 5) is 37.0. The summed E-state index contributed by atoms with van der Waals surface area (Å²) in [5.74, 6) is -0.634. The lowest BCUT2D eigenvalue weighted by Crippen LogP contribution is -2.48. The van der Waals surface area contributed by atoms with Crippen LogP contribution in [0.3, 0.4) is 0 Å². The highest BCUT2D eigenvalue weighted by Gasteiger charge is 2.36. The molecule has 0 aromatic heterocycles. The SMILES string of the molecule is CCN1C(=O)N[C@@H](c2ccc(Cl)c([N+](=O)[O-])c2)C(C(=O)OCCOC)=C1C. The molecule has 1 atom stereocenters. The second-order valence-electron chi connectivity index (χ2n) is 5.72. The number of urea groups is 1. The van der Waals surface area contributed by atoms with E-state index in [1.165, 1.54) is 30.2 Å². The van der Waals surface area contributed by atoms with Gasteiger partial charge in [-0.1, -0.05) is 17.7 Å². The first-order chi connectivity index (χ1) is 12.8. The number of rotatable bonds is 7. The van der Waals surface area contributed by atoms with Crippen molar-refractivity contribution < 1.29 is 24.0 Å². The van der Waals surface area contributed by atoms with Gasteiger partial charge in [0.05, 0.1) is 23.1 Å². The third-order valence-electron chi connectivity index (χ3n) is 4.15. The largest absolute Gasteiger partial charge is 0.460 e. The molecule has 2 rings (SSSR count). The van der Waals surface area contributed by atoms with Crippen molar-refractivity contribution >= 4 is 29.3 Å². The zero-order chi connectivity index (χ0) is 20.1. The fourth-order valence-corrected chi connectivity index (χ4v) is 3.01. The average Bonchev–Trinajstić information content (AvgIpc) is 2.61. The molecule has 0 spiro atoms. The molecule has 10 heteroatoms. The van der Waals surface area contributed by atoms with Gasteiger partial charge in [-0.15, -0.1) is 0 Å². The molecule has 0 radical (unpaired) electrons. The molecule has 1 aliphatic rings. The first kappa shape index (κ1) is 20.7. The van der Waals surface area contributed by atoms with Crippen molar-refractivity contribution in [3.63, 3.8) is 0 Å². The lowest BCUT2D eigenvalue weighted by Gasteiger charge is -2.34. The first-order valence-corrected chi connectivity index (χ1v) is 8.58. The molecular formula is C17H20ClN3O6. The number of benzene rings is 1. The zero-order valence-corrected chi connectivity index (χ0v) is 15.9. The third-order valence-corrected chi connectivity index (χ3v) is 4.47. The number of carbonyl (C=O) groups excluding carboxylic acids is 2. The predicted molar refractivity (Wildman–Crippen MR) is 97.3 cm³/mol. The molecule has 0 bridgehead atoms. The molecule has 0 saturated carbocycles. The Morgan fingerprint density at radius 1 is 1.41 bits per heavy atom. The van der Waals surface area contributed by atoms with Crippen molar-refractivity contribution in [2.45, 2.75) is 19.9 Å². The van der Waals surface area contributed by atoms with Crippen molar-refractivity contribution in [3.8, 4) is 0 Å². The number of hydrogen-bond donors (Lipinski definition) is 1. The van der Waals surface area contributed by atoms with Gasteiger partial charge in [-0.25, -0.2) is 9.59 Å². The van der Waals surface area contributed by atoms with Crippen molar-refractivity contribution in [3.05, 3.63) is 50.2 Å². The number of nitrogens with one attached hydrogen (secondary N) is 1. The summed E-state index contributed by atoms with van der Waals surface area (Å²) in [6.07, 6.45) is 0. The average molecular weight is 398 g/mol. The van der Waals surface area contributed by atoms with Crippen LogP contribution in [0.2, 0.25) is 5.02 Å². The van der Waals surface area contributed by atoms with Gasteiger partial charge in [-0.3, -0.25) is 15.0 Å². The minimum Gasteiger partial charge on any atom is -0.460 e. The number of allylic oxidation sites excluding steroid dienone is 1. The smallest absolute Gasteiger partial charge is 0.338 e. The van der Waals surface area contributed by atoms with E-state index in [0.717, 1.165) is 0 Å².